The molecule has 2 N–H and O–H groups in total. The van der Waals surface area contributed by atoms with Crippen LogP contribution < -0.4 is 10.6 Å². The number of rotatable bonds is 6. The van der Waals surface area contributed by atoms with Crippen LogP contribution in [0.4, 0.5) is 0 Å². The zero-order valence-corrected chi connectivity index (χ0v) is 16.4. The van der Waals surface area contributed by atoms with Crippen molar-refractivity contribution in [2.24, 2.45) is 11.8 Å². The van der Waals surface area contributed by atoms with E-state index in [1.807, 2.05) is 0 Å². The molecule has 3 rings (SSSR count). The number of likely N-dealkylation sites (tertiary alicyclic amines) is 1. The van der Waals surface area contributed by atoms with E-state index in [1.54, 1.807) is 0 Å². The predicted octanol–water partition coefficient (Wildman–Crippen LogP) is 3.35. The molecule has 1 aromatic carbocycles. The predicted molar refractivity (Wildman–Crippen MR) is 107 cm³/mol. The second kappa shape index (κ2) is 9.52. The number of piperidine rings is 2. The van der Waals surface area contributed by atoms with Crippen LogP contribution in [0.15, 0.2) is 30.3 Å². The van der Waals surface area contributed by atoms with Gasteiger partial charge in [0.2, 0.25) is 5.91 Å². The number of nitrogens with zero attached hydrogens (tertiary/aromatic N) is 1. The van der Waals surface area contributed by atoms with Crippen LogP contribution in [0.3, 0.4) is 0 Å². The minimum absolute atomic E-state index is 0.248. The maximum Gasteiger partial charge on any atom is 0.220 e. The molecule has 0 aliphatic carbocycles. The molecule has 2 aliphatic rings. The first-order valence-corrected chi connectivity index (χ1v) is 10.4. The van der Waals surface area contributed by atoms with Gasteiger partial charge in [0.1, 0.15) is 0 Å². The van der Waals surface area contributed by atoms with Gasteiger partial charge in [0.05, 0.1) is 0 Å². The maximum atomic E-state index is 12.5. The summed E-state index contributed by atoms with van der Waals surface area (Å²) in [4.78, 5) is 15.0. The van der Waals surface area contributed by atoms with E-state index in [1.165, 1.54) is 18.4 Å². The first-order valence-electron chi connectivity index (χ1n) is 10.4. The third-order valence-corrected chi connectivity index (χ3v) is 6.37. The fourth-order valence-electron chi connectivity index (χ4n) is 4.48. The molecule has 0 aromatic heterocycles. The van der Waals surface area contributed by atoms with E-state index in [0.29, 0.717) is 30.3 Å². The molecule has 4 heteroatoms. The molecule has 3 atom stereocenters. The third kappa shape index (κ3) is 5.31. The molecule has 0 bridgehead atoms. The Balaban J connectivity index is 1.40. The highest BCUT2D eigenvalue weighted by molar-refractivity contribution is 5.76. The lowest BCUT2D eigenvalue weighted by Crippen LogP contribution is -2.46. The van der Waals surface area contributed by atoms with E-state index in [4.69, 9.17) is 0 Å². The van der Waals surface area contributed by atoms with E-state index in [9.17, 15) is 4.79 Å². The lowest BCUT2D eigenvalue weighted by Gasteiger charge is -2.36. The number of benzene rings is 1. The van der Waals surface area contributed by atoms with E-state index < -0.39 is 0 Å². The van der Waals surface area contributed by atoms with Gasteiger partial charge in [0.25, 0.3) is 0 Å². The number of hydrogen-bond acceptors (Lipinski definition) is 3. The summed E-state index contributed by atoms with van der Waals surface area (Å²) in [5.74, 6) is 1.38. The molecule has 0 saturated carbocycles. The summed E-state index contributed by atoms with van der Waals surface area (Å²) in [6.45, 7) is 8.85. The summed E-state index contributed by atoms with van der Waals surface area (Å²) in [6.07, 6.45) is 5.30. The Hall–Kier alpha value is -1.39. The molecule has 26 heavy (non-hydrogen) atoms. The maximum absolute atomic E-state index is 12.5. The summed E-state index contributed by atoms with van der Waals surface area (Å²) in [6, 6.07) is 11.5. The first-order chi connectivity index (χ1) is 12.6. The van der Waals surface area contributed by atoms with Gasteiger partial charge in [0.15, 0.2) is 0 Å². The average Bonchev–Trinajstić information content (AvgIpc) is 2.69. The highest BCUT2D eigenvalue weighted by atomic mass is 16.1. The van der Waals surface area contributed by atoms with E-state index >= 15 is 0 Å². The van der Waals surface area contributed by atoms with Crippen LogP contribution >= 0.6 is 0 Å². The lowest BCUT2D eigenvalue weighted by molar-refractivity contribution is -0.123. The normalized spacial score (nSPS) is 24.8. The number of amides is 1. The molecule has 144 valence electrons. The van der Waals surface area contributed by atoms with Gasteiger partial charge in [-0.3, -0.25) is 9.69 Å². The highest BCUT2D eigenvalue weighted by Gasteiger charge is 2.26. The number of hydrogen-bond donors (Lipinski definition) is 2. The molecular weight excluding hydrogens is 322 g/mol. The minimum Gasteiger partial charge on any atom is -0.353 e. The standard InChI is InChI=1S/C22H35N3O/c1-17(20-9-6-12-23-16-20)15-22(26)24-21-10-13-25(14-11-21)18(2)19-7-4-3-5-8-19/h3-5,7-8,17-18,20-21,23H,6,9-16H2,1-2H3,(H,24,26). The molecule has 3 unspecified atom stereocenters. The number of carbonyl (C=O) groups is 1. The summed E-state index contributed by atoms with van der Waals surface area (Å²) < 4.78 is 0. The largest absolute Gasteiger partial charge is 0.353 e. The van der Waals surface area contributed by atoms with Crippen LogP contribution in [0, 0.1) is 11.8 Å². The smallest absolute Gasteiger partial charge is 0.220 e. The van der Waals surface area contributed by atoms with Gasteiger partial charge in [-0.05, 0) is 63.1 Å². The van der Waals surface area contributed by atoms with Gasteiger partial charge in [-0.2, -0.15) is 0 Å². The van der Waals surface area contributed by atoms with Crippen LogP contribution in [0.2, 0.25) is 0 Å². The van der Waals surface area contributed by atoms with Crippen LogP contribution in [-0.4, -0.2) is 43.0 Å². The van der Waals surface area contributed by atoms with Gasteiger partial charge >= 0.3 is 0 Å². The van der Waals surface area contributed by atoms with Gasteiger partial charge in [-0.25, -0.2) is 0 Å². The summed E-state index contributed by atoms with van der Waals surface area (Å²) in [5, 5.41) is 6.76. The fraction of sp³-hybridized carbons (Fsp3) is 0.682. The summed E-state index contributed by atoms with van der Waals surface area (Å²) in [5.41, 5.74) is 1.38. The molecule has 2 aliphatic heterocycles. The van der Waals surface area contributed by atoms with Crippen molar-refractivity contribution in [3.05, 3.63) is 35.9 Å². The Morgan fingerprint density at radius 2 is 1.92 bits per heavy atom. The molecule has 2 fully saturated rings. The Bertz CT molecular complexity index is 548. The third-order valence-electron chi connectivity index (χ3n) is 6.37. The van der Waals surface area contributed by atoms with Gasteiger partial charge < -0.3 is 10.6 Å². The molecule has 1 amide bonds. The lowest BCUT2D eigenvalue weighted by atomic mass is 9.85. The monoisotopic (exact) mass is 357 g/mol. The number of carbonyl (C=O) groups excluding carboxylic acids is 1. The summed E-state index contributed by atoms with van der Waals surface area (Å²) in [7, 11) is 0. The Morgan fingerprint density at radius 3 is 2.58 bits per heavy atom. The fourth-order valence-corrected chi connectivity index (χ4v) is 4.48. The van der Waals surface area contributed by atoms with Crippen LogP contribution in [0.5, 0.6) is 0 Å². The SMILES string of the molecule is CC(CC(=O)NC1CCN(C(C)c2ccccc2)CC1)C1CCCNC1. The number of nitrogens with one attached hydrogen (secondary N) is 2. The van der Waals surface area contributed by atoms with Crippen LogP contribution in [-0.2, 0) is 4.79 Å². The Labute approximate surface area is 158 Å². The molecule has 2 heterocycles. The molecule has 1 aromatic rings. The van der Waals surface area contributed by atoms with Crippen molar-refractivity contribution < 1.29 is 4.79 Å². The highest BCUT2D eigenvalue weighted by Crippen LogP contribution is 2.25. The van der Waals surface area contributed by atoms with Crippen molar-refractivity contribution in [3.63, 3.8) is 0 Å². The van der Waals surface area contributed by atoms with Crippen LogP contribution in [0.1, 0.15) is 57.6 Å². The second-order valence-electron chi connectivity index (χ2n) is 8.25. The summed E-state index contributed by atoms with van der Waals surface area (Å²) >= 11 is 0. The van der Waals surface area contributed by atoms with Gasteiger partial charge in [-0.15, -0.1) is 0 Å². The molecular formula is C22H35N3O. The zero-order chi connectivity index (χ0) is 18.4. The minimum atomic E-state index is 0.248. The van der Waals surface area contributed by atoms with E-state index in [0.717, 1.165) is 39.0 Å². The van der Waals surface area contributed by atoms with Crippen molar-refractivity contribution in [1.82, 2.24) is 15.5 Å². The topological polar surface area (TPSA) is 44.4 Å². The van der Waals surface area contributed by atoms with E-state index in [-0.39, 0.29) is 5.91 Å². The van der Waals surface area contributed by atoms with Gasteiger partial charge in [-0.1, -0.05) is 37.3 Å². The van der Waals surface area contributed by atoms with Crippen molar-refractivity contribution in [3.8, 4) is 0 Å². The van der Waals surface area contributed by atoms with Gasteiger partial charge in [0, 0.05) is 31.6 Å². The molecule has 0 radical (unpaired) electrons. The van der Waals surface area contributed by atoms with Crippen molar-refractivity contribution in [2.45, 2.75) is 58.0 Å². The molecule has 2 saturated heterocycles. The first kappa shape index (κ1) is 19.4. The Morgan fingerprint density at radius 1 is 1.19 bits per heavy atom. The second-order valence-corrected chi connectivity index (χ2v) is 8.25. The van der Waals surface area contributed by atoms with E-state index in [2.05, 4.69) is 59.7 Å². The zero-order valence-electron chi connectivity index (χ0n) is 16.4. The van der Waals surface area contributed by atoms with Crippen LogP contribution in [0.25, 0.3) is 0 Å². The van der Waals surface area contributed by atoms with Crippen molar-refractivity contribution in [1.29, 1.82) is 0 Å². The molecule has 4 nitrogen and oxygen atoms in total. The average molecular weight is 358 g/mol. The Kier molecular flexibility index (Phi) is 7.09. The van der Waals surface area contributed by atoms with Crippen molar-refractivity contribution >= 4 is 5.91 Å². The quantitative estimate of drug-likeness (QED) is 0.821. The molecule has 0 spiro atoms. The van der Waals surface area contributed by atoms with Crippen molar-refractivity contribution in [2.75, 3.05) is 26.2 Å².